The highest BCUT2D eigenvalue weighted by Crippen LogP contribution is 2.19. The van der Waals surface area contributed by atoms with Gasteiger partial charge in [0, 0.05) is 5.75 Å². The molecule has 0 spiro atoms. The van der Waals surface area contributed by atoms with E-state index in [-0.39, 0.29) is 5.56 Å². The summed E-state index contributed by atoms with van der Waals surface area (Å²) in [5, 5.41) is 9.35. The van der Waals surface area contributed by atoms with Crippen LogP contribution in [0.5, 0.6) is 5.75 Å². The molecular weight excluding hydrogens is 240 g/mol. The second-order valence-electron chi connectivity index (χ2n) is 3.71. The number of thioether (sulfide) groups is 1. The van der Waals surface area contributed by atoms with E-state index < -0.39 is 5.97 Å². The molecule has 92 valence electrons. The maximum Gasteiger partial charge on any atom is 0.335 e. The first-order chi connectivity index (χ1) is 8.25. The molecule has 2 rings (SSSR count). The van der Waals surface area contributed by atoms with Crippen LogP contribution in [0.15, 0.2) is 24.3 Å². The van der Waals surface area contributed by atoms with Gasteiger partial charge in [0.1, 0.15) is 5.75 Å². The average Bonchev–Trinajstić information content (AvgIpc) is 2.27. The zero-order valence-electron chi connectivity index (χ0n) is 9.30. The highest BCUT2D eigenvalue weighted by Gasteiger charge is 2.17. The molecule has 1 saturated heterocycles. The molecule has 1 fully saturated rings. The smallest absolute Gasteiger partial charge is 0.335 e. The highest BCUT2D eigenvalue weighted by molar-refractivity contribution is 8.00. The van der Waals surface area contributed by atoms with Gasteiger partial charge in [0.15, 0.2) is 0 Å². The molecule has 0 saturated carbocycles. The standard InChI is InChI=1S/C12H14O4S/c13-12(14)9-1-3-10(4-2-9)16-5-6-17-11-7-15-8-11/h1-4,11H,5-8H2,(H,13,14). The first-order valence-corrected chi connectivity index (χ1v) is 6.46. The molecule has 0 aromatic heterocycles. The molecule has 0 amide bonds. The number of carboxylic acid groups (broad SMARTS) is 1. The van der Waals surface area contributed by atoms with Gasteiger partial charge in [-0.15, -0.1) is 0 Å². The Kier molecular flexibility index (Phi) is 4.28. The van der Waals surface area contributed by atoms with Gasteiger partial charge >= 0.3 is 5.97 Å². The minimum atomic E-state index is -0.919. The number of hydrogen-bond donors (Lipinski definition) is 1. The summed E-state index contributed by atoms with van der Waals surface area (Å²) in [7, 11) is 0. The summed E-state index contributed by atoms with van der Waals surface area (Å²) in [4.78, 5) is 10.6. The minimum absolute atomic E-state index is 0.276. The lowest BCUT2D eigenvalue weighted by molar-refractivity contribution is 0.0454. The van der Waals surface area contributed by atoms with Crippen LogP contribution in [0.2, 0.25) is 0 Å². The van der Waals surface area contributed by atoms with Crippen molar-refractivity contribution in [3.05, 3.63) is 29.8 Å². The van der Waals surface area contributed by atoms with E-state index in [4.69, 9.17) is 14.6 Å². The zero-order valence-corrected chi connectivity index (χ0v) is 10.1. The fourth-order valence-corrected chi connectivity index (χ4v) is 2.28. The molecule has 1 aliphatic rings. The highest BCUT2D eigenvalue weighted by atomic mass is 32.2. The average molecular weight is 254 g/mol. The van der Waals surface area contributed by atoms with Crippen molar-refractivity contribution in [3.8, 4) is 5.75 Å². The topological polar surface area (TPSA) is 55.8 Å². The molecule has 1 aromatic rings. The van der Waals surface area contributed by atoms with Crippen molar-refractivity contribution in [2.45, 2.75) is 5.25 Å². The normalized spacial score (nSPS) is 15.3. The van der Waals surface area contributed by atoms with E-state index in [1.54, 1.807) is 24.3 Å². The minimum Gasteiger partial charge on any atom is -0.493 e. The van der Waals surface area contributed by atoms with Crippen molar-refractivity contribution in [1.82, 2.24) is 0 Å². The third-order valence-electron chi connectivity index (χ3n) is 2.41. The lowest BCUT2D eigenvalue weighted by Gasteiger charge is -2.25. The van der Waals surface area contributed by atoms with Crippen LogP contribution >= 0.6 is 11.8 Å². The van der Waals surface area contributed by atoms with E-state index in [2.05, 4.69) is 0 Å². The predicted octanol–water partition coefficient (Wildman–Crippen LogP) is 1.90. The predicted molar refractivity (Wildman–Crippen MR) is 66.0 cm³/mol. The molecule has 1 aliphatic heterocycles. The largest absolute Gasteiger partial charge is 0.493 e. The summed E-state index contributed by atoms with van der Waals surface area (Å²) in [6, 6.07) is 6.45. The van der Waals surface area contributed by atoms with Crippen LogP contribution in [0, 0.1) is 0 Å². The van der Waals surface area contributed by atoms with Gasteiger partial charge in [0.2, 0.25) is 0 Å². The third-order valence-corrected chi connectivity index (χ3v) is 3.56. The van der Waals surface area contributed by atoms with E-state index in [1.807, 2.05) is 11.8 Å². The van der Waals surface area contributed by atoms with Gasteiger partial charge in [0.05, 0.1) is 30.6 Å². The second-order valence-corrected chi connectivity index (χ2v) is 5.12. The molecule has 17 heavy (non-hydrogen) atoms. The molecular formula is C12H14O4S. The number of ether oxygens (including phenoxy) is 2. The number of carboxylic acids is 1. The van der Waals surface area contributed by atoms with Gasteiger partial charge in [0.25, 0.3) is 0 Å². The molecule has 0 unspecified atom stereocenters. The van der Waals surface area contributed by atoms with Crippen molar-refractivity contribution >= 4 is 17.7 Å². The molecule has 1 aromatic carbocycles. The van der Waals surface area contributed by atoms with Gasteiger partial charge in [-0.25, -0.2) is 4.79 Å². The SMILES string of the molecule is O=C(O)c1ccc(OCCSC2COC2)cc1. The lowest BCUT2D eigenvalue weighted by Crippen LogP contribution is -2.31. The fraction of sp³-hybridized carbons (Fsp3) is 0.417. The number of rotatable bonds is 6. The molecule has 1 N–H and O–H groups in total. The Labute approximate surface area is 104 Å². The maximum absolute atomic E-state index is 10.6. The summed E-state index contributed by atoms with van der Waals surface area (Å²) in [6.45, 7) is 2.32. The second kappa shape index (κ2) is 5.93. The summed E-state index contributed by atoms with van der Waals surface area (Å²) < 4.78 is 10.6. The van der Waals surface area contributed by atoms with Crippen LogP contribution in [-0.4, -0.2) is 41.9 Å². The Morgan fingerprint density at radius 2 is 2.12 bits per heavy atom. The van der Waals surface area contributed by atoms with Gasteiger partial charge in [-0.2, -0.15) is 11.8 Å². The summed E-state index contributed by atoms with van der Waals surface area (Å²) in [6.07, 6.45) is 0. The van der Waals surface area contributed by atoms with Gasteiger partial charge in [-0.05, 0) is 24.3 Å². The molecule has 4 nitrogen and oxygen atoms in total. The monoisotopic (exact) mass is 254 g/mol. The van der Waals surface area contributed by atoms with E-state index in [9.17, 15) is 4.79 Å². The summed E-state index contributed by atoms with van der Waals surface area (Å²) in [5.41, 5.74) is 0.276. The van der Waals surface area contributed by atoms with Crippen molar-refractivity contribution in [1.29, 1.82) is 0 Å². The fourth-order valence-electron chi connectivity index (χ4n) is 1.38. The van der Waals surface area contributed by atoms with Crippen LogP contribution in [0.4, 0.5) is 0 Å². The zero-order chi connectivity index (χ0) is 12.1. The molecule has 0 radical (unpaired) electrons. The number of carbonyl (C=O) groups is 1. The van der Waals surface area contributed by atoms with Crippen molar-refractivity contribution < 1.29 is 19.4 Å². The Hall–Kier alpha value is -1.20. The first-order valence-electron chi connectivity index (χ1n) is 5.41. The third kappa shape index (κ3) is 3.64. The molecule has 5 heteroatoms. The van der Waals surface area contributed by atoms with Crippen LogP contribution in [0.25, 0.3) is 0 Å². The maximum atomic E-state index is 10.6. The summed E-state index contributed by atoms with van der Waals surface area (Å²) in [5.74, 6) is 0.715. The number of aromatic carboxylic acids is 1. The van der Waals surface area contributed by atoms with Crippen LogP contribution in [-0.2, 0) is 4.74 Å². The van der Waals surface area contributed by atoms with Crippen LogP contribution in [0.1, 0.15) is 10.4 Å². The van der Waals surface area contributed by atoms with E-state index in [0.717, 1.165) is 19.0 Å². The molecule has 0 bridgehead atoms. The van der Waals surface area contributed by atoms with Crippen molar-refractivity contribution in [2.75, 3.05) is 25.6 Å². The van der Waals surface area contributed by atoms with Gasteiger partial charge in [-0.1, -0.05) is 0 Å². The van der Waals surface area contributed by atoms with Gasteiger partial charge < -0.3 is 14.6 Å². The van der Waals surface area contributed by atoms with E-state index >= 15 is 0 Å². The Balaban J connectivity index is 1.69. The number of hydrogen-bond acceptors (Lipinski definition) is 4. The Morgan fingerprint density at radius 1 is 1.41 bits per heavy atom. The first kappa shape index (κ1) is 12.3. The van der Waals surface area contributed by atoms with Crippen LogP contribution in [0.3, 0.4) is 0 Å². The molecule has 0 aliphatic carbocycles. The van der Waals surface area contributed by atoms with Crippen molar-refractivity contribution in [3.63, 3.8) is 0 Å². The van der Waals surface area contributed by atoms with Gasteiger partial charge in [-0.3, -0.25) is 0 Å². The van der Waals surface area contributed by atoms with Crippen LogP contribution < -0.4 is 4.74 Å². The molecule has 1 heterocycles. The Bertz CT molecular complexity index is 373. The van der Waals surface area contributed by atoms with E-state index in [1.165, 1.54) is 0 Å². The number of benzene rings is 1. The van der Waals surface area contributed by atoms with Crippen molar-refractivity contribution in [2.24, 2.45) is 0 Å². The summed E-state index contributed by atoms with van der Waals surface area (Å²) >= 11 is 1.85. The lowest BCUT2D eigenvalue weighted by atomic mass is 10.2. The van der Waals surface area contributed by atoms with E-state index in [0.29, 0.717) is 17.6 Å². The Morgan fingerprint density at radius 3 is 2.65 bits per heavy atom. The quantitative estimate of drug-likeness (QED) is 0.786. The molecule has 0 atom stereocenters.